The normalized spacial score (nSPS) is 12.6. The fourth-order valence-electron chi connectivity index (χ4n) is 5.65. The molecule has 0 spiro atoms. The average Bonchev–Trinajstić information content (AvgIpc) is 3.27. The number of rotatable bonds is 1. The van der Waals surface area contributed by atoms with Crippen LogP contribution in [0.25, 0.3) is 55.6 Å². The zero-order valence-corrected chi connectivity index (χ0v) is 25.1. The highest BCUT2D eigenvalue weighted by molar-refractivity contribution is 9.11. The Morgan fingerprint density at radius 2 is 0.950 bits per heavy atom. The number of hydrogen-bond acceptors (Lipinski definition) is 3. The van der Waals surface area contributed by atoms with Gasteiger partial charge in [0, 0.05) is 10.8 Å². The second kappa shape index (κ2) is 9.42. The van der Waals surface area contributed by atoms with Gasteiger partial charge in [0.25, 0.3) is 0 Å². The van der Waals surface area contributed by atoms with Crippen molar-refractivity contribution in [2.75, 3.05) is 4.67 Å². The van der Waals surface area contributed by atoms with E-state index >= 15 is 0 Å². The van der Waals surface area contributed by atoms with Crippen molar-refractivity contribution in [3.8, 4) is 0 Å². The van der Waals surface area contributed by atoms with Gasteiger partial charge in [-0.05, 0) is 88.8 Å². The van der Waals surface area contributed by atoms with Gasteiger partial charge < -0.3 is 8.39 Å². The van der Waals surface area contributed by atoms with Crippen LogP contribution in [0.1, 0.15) is 11.1 Å². The first-order chi connectivity index (χ1) is 19.7. The number of nitrogens with zero attached hydrogens (tertiary/aromatic N) is 1. The smallest absolute Gasteiger partial charge is 0.346 e. The Morgan fingerprint density at radius 1 is 0.525 bits per heavy atom. The largest absolute Gasteiger partial charge is 0.402 e. The van der Waals surface area contributed by atoms with Crippen molar-refractivity contribution in [2.45, 2.75) is 0 Å². The maximum absolute atomic E-state index is 7.06. The van der Waals surface area contributed by atoms with E-state index in [0.717, 1.165) is 74.9 Å². The van der Waals surface area contributed by atoms with E-state index < -0.39 is 8.16 Å². The van der Waals surface area contributed by atoms with Crippen LogP contribution in [0.15, 0.2) is 127 Å². The Hall–Kier alpha value is -3.76. The molecular formula is C34H20Br2NO2P. The highest BCUT2D eigenvalue weighted by Gasteiger charge is 2.25. The summed E-state index contributed by atoms with van der Waals surface area (Å²) in [6.45, 7) is 0. The Morgan fingerprint density at radius 3 is 1.45 bits per heavy atom. The lowest BCUT2D eigenvalue weighted by Gasteiger charge is -2.23. The van der Waals surface area contributed by atoms with Crippen molar-refractivity contribution >= 4 is 107 Å². The zero-order valence-electron chi connectivity index (χ0n) is 21.0. The van der Waals surface area contributed by atoms with Crippen LogP contribution in [0.2, 0.25) is 0 Å². The summed E-state index contributed by atoms with van der Waals surface area (Å²) in [6, 6.07) is 38.0. The highest BCUT2D eigenvalue weighted by atomic mass is 79.9. The van der Waals surface area contributed by atoms with E-state index in [0.29, 0.717) is 0 Å². The number of fused-ring (bicyclic) bond motifs is 9. The average molecular weight is 665 g/mol. The van der Waals surface area contributed by atoms with Crippen molar-refractivity contribution in [1.29, 1.82) is 0 Å². The molecule has 1 aliphatic heterocycles. The first kappa shape index (κ1) is 24.1. The van der Waals surface area contributed by atoms with Crippen molar-refractivity contribution in [3.63, 3.8) is 0 Å². The lowest BCUT2D eigenvalue weighted by Crippen LogP contribution is -2.07. The molecule has 6 aromatic carbocycles. The third-order valence-corrected chi connectivity index (χ3v) is 10.1. The monoisotopic (exact) mass is 663 g/mol. The molecular weight excluding hydrogens is 645 g/mol. The predicted molar refractivity (Wildman–Crippen MR) is 176 cm³/mol. The van der Waals surface area contributed by atoms with Crippen LogP contribution in [0.3, 0.4) is 0 Å². The molecule has 0 saturated heterocycles. The Balaban J connectivity index is 1.63. The standard InChI is InChI=1S/C34H20Br2NO2P/c35-27-19-23-11-1-5-13-25(23)31-32-26-14-6-2-12-24(26)20-28(36)34(32)39-40(38-33(27)31)37-29-15-7-3-9-21(29)17-18-22-10-4-8-16-30(22)37/h1-20H. The van der Waals surface area contributed by atoms with Gasteiger partial charge in [-0.25, -0.2) is 4.67 Å². The summed E-state index contributed by atoms with van der Waals surface area (Å²) in [6.07, 6.45) is 4.33. The first-order valence-corrected chi connectivity index (χ1v) is 15.6. The zero-order chi connectivity index (χ0) is 26.8. The SMILES string of the molecule is Brc1cc2ccccc2c2c1op(N1c3ccccc3C=Cc3ccccc31)oc1c(Br)cc3ccccc3c12. The van der Waals surface area contributed by atoms with Crippen molar-refractivity contribution in [3.05, 3.63) is 129 Å². The van der Waals surface area contributed by atoms with Gasteiger partial charge in [0.15, 0.2) is 11.2 Å². The minimum Gasteiger partial charge on any atom is -0.402 e. The summed E-state index contributed by atoms with van der Waals surface area (Å²) in [5.41, 5.74) is 5.83. The predicted octanol–water partition coefficient (Wildman–Crippen LogP) is 12.2. The summed E-state index contributed by atoms with van der Waals surface area (Å²) in [5.74, 6) is 0. The molecule has 0 N–H and O–H groups in total. The van der Waals surface area contributed by atoms with Crippen LogP contribution in [0.4, 0.5) is 11.4 Å². The molecule has 40 heavy (non-hydrogen) atoms. The van der Waals surface area contributed by atoms with E-state index in [9.17, 15) is 0 Å². The van der Waals surface area contributed by atoms with E-state index in [1.54, 1.807) is 0 Å². The molecule has 0 fully saturated rings. The summed E-state index contributed by atoms with van der Waals surface area (Å²) >= 11 is 7.78. The maximum Gasteiger partial charge on any atom is 0.346 e. The molecule has 0 bridgehead atoms. The minimum absolute atomic E-state index is 0.777. The van der Waals surface area contributed by atoms with Gasteiger partial charge >= 0.3 is 8.16 Å². The maximum atomic E-state index is 7.06. The number of halogens is 2. The van der Waals surface area contributed by atoms with Crippen LogP contribution in [0, 0.1) is 0 Å². The molecule has 1 aliphatic rings. The number of para-hydroxylation sites is 2. The lowest BCUT2D eigenvalue weighted by molar-refractivity contribution is 0.638. The molecule has 3 nitrogen and oxygen atoms in total. The molecule has 8 rings (SSSR count). The van der Waals surface area contributed by atoms with E-state index in [1.807, 2.05) is 0 Å². The molecule has 0 atom stereocenters. The third-order valence-electron chi connectivity index (χ3n) is 7.44. The van der Waals surface area contributed by atoms with Gasteiger partial charge in [0.05, 0.1) is 20.3 Å². The second-order valence-corrected chi connectivity index (χ2v) is 12.7. The Kier molecular flexibility index (Phi) is 5.67. The number of benzene rings is 6. The van der Waals surface area contributed by atoms with Gasteiger partial charge in [-0.1, -0.05) is 97.1 Å². The van der Waals surface area contributed by atoms with E-state index in [1.165, 1.54) is 0 Å². The van der Waals surface area contributed by atoms with Gasteiger partial charge in [-0.3, -0.25) is 0 Å². The molecule has 0 aliphatic carbocycles. The van der Waals surface area contributed by atoms with E-state index in [-0.39, 0.29) is 0 Å². The molecule has 1 aromatic heterocycles. The summed E-state index contributed by atoms with van der Waals surface area (Å²) in [5, 5.41) is 6.54. The quantitative estimate of drug-likeness (QED) is 0.175. The second-order valence-electron chi connectivity index (χ2n) is 9.75. The molecule has 0 amide bonds. The van der Waals surface area contributed by atoms with Crippen LogP contribution < -0.4 is 4.67 Å². The highest BCUT2D eigenvalue weighted by Crippen LogP contribution is 2.52. The fraction of sp³-hybridized carbons (Fsp3) is 0. The van der Waals surface area contributed by atoms with Gasteiger partial charge in [0.2, 0.25) is 0 Å². The Labute approximate surface area is 248 Å². The minimum atomic E-state index is -1.69. The third kappa shape index (κ3) is 3.69. The molecule has 6 heteroatoms. The molecule has 0 saturated carbocycles. The number of anilines is 2. The van der Waals surface area contributed by atoms with Gasteiger partial charge in [0.1, 0.15) is 0 Å². The van der Waals surface area contributed by atoms with Crippen LogP contribution in [0.5, 0.6) is 0 Å². The van der Waals surface area contributed by atoms with E-state index in [4.69, 9.17) is 8.39 Å². The van der Waals surface area contributed by atoms with Crippen molar-refractivity contribution in [2.24, 2.45) is 0 Å². The molecule has 192 valence electrons. The topological polar surface area (TPSA) is 29.5 Å². The Bertz CT molecular complexity index is 2070. The van der Waals surface area contributed by atoms with Crippen LogP contribution in [-0.4, -0.2) is 0 Å². The lowest BCUT2D eigenvalue weighted by atomic mass is 9.99. The van der Waals surface area contributed by atoms with Crippen LogP contribution in [-0.2, 0) is 0 Å². The molecule has 0 unspecified atom stereocenters. The van der Waals surface area contributed by atoms with Gasteiger partial charge in [-0.2, -0.15) is 0 Å². The van der Waals surface area contributed by atoms with Crippen LogP contribution >= 0.6 is 40.0 Å². The number of hydrogen-bond donors (Lipinski definition) is 0. The molecule has 2 heterocycles. The summed E-state index contributed by atoms with van der Waals surface area (Å²) in [4.78, 5) is 0. The molecule has 7 aromatic rings. The van der Waals surface area contributed by atoms with Crippen molar-refractivity contribution < 1.29 is 8.39 Å². The van der Waals surface area contributed by atoms with Gasteiger partial charge in [-0.15, -0.1) is 0 Å². The molecule has 0 radical (unpaired) electrons. The van der Waals surface area contributed by atoms with E-state index in [2.05, 4.69) is 158 Å². The summed E-state index contributed by atoms with van der Waals surface area (Å²) < 4.78 is 18.1. The fourth-order valence-corrected chi connectivity index (χ4v) is 8.56. The summed E-state index contributed by atoms with van der Waals surface area (Å²) in [7, 11) is -1.69. The first-order valence-electron chi connectivity index (χ1n) is 12.9. The van der Waals surface area contributed by atoms with Crippen molar-refractivity contribution in [1.82, 2.24) is 0 Å².